The first-order valence-electron chi connectivity index (χ1n) is 3.83. The van der Waals surface area contributed by atoms with Crippen LogP contribution in [0.4, 0.5) is 13.6 Å². The van der Waals surface area contributed by atoms with Crippen LogP contribution >= 0.6 is 0 Å². The van der Waals surface area contributed by atoms with Gasteiger partial charge in [0.2, 0.25) is 0 Å². The Kier molecular flexibility index (Phi) is 5.75. The van der Waals surface area contributed by atoms with Gasteiger partial charge in [0.1, 0.15) is 0 Å². The lowest BCUT2D eigenvalue weighted by Gasteiger charge is -2.03. The van der Waals surface area contributed by atoms with Crippen molar-refractivity contribution < 1.29 is 23.1 Å². The molecule has 0 bridgehead atoms. The summed E-state index contributed by atoms with van der Waals surface area (Å²) >= 11 is 0. The number of unbranched alkanes of at least 4 members (excludes halogenated alkanes) is 1. The van der Waals surface area contributed by atoms with E-state index in [-0.39, 0.29) is 6.61 Å². The van der Waals surface area contributed by atoms with E-state index in [0.29, 0.717) is 6.42 Å². The van der Waals surface area contributed by atoms with E-state index >= 15 is 0 Å². The van der Waals surface area contributed by atoms with Crippen LogP contribution in [0.2, 0.25) is 0 Å². The van der Waals surface area contributed by atoms with Crippen LogP contribution in [0.1, 0.15) is 19.8 Å². The van der Waals surface area contributed by atoms with Crippen molar-refractivity contribution in [3.8, 4) is 0 Å². The number of hydrogen-bond acceptors (Lipinski definition) is 3. The molecule has 0 atom stereocenters. The molecular formula is C7H11F2NO3. The average molecular weight is 195 g/mol. The van der Waals surface area contributed by atoms with Gasteiger partial charge in [0.15, 0.2) is 0 Å². The molecule has 0 heterocycles. The highest BCUT2D eigenvalue weighted by atomic mass is 19.3. The maximum absolute atomic E-state index is 11.6. The number of hydrogen-bond donors (Lipinski definition) is 1. The van der Waals surface area contributed by atoms with Crippen molar-refractivity contribution in [3.63, 3.8) is 0 Å². The largest absolute Gasteiger partial charge is 0.449 e. The van der Waals surface area contributed by atoms with Crippen molar-refractivity contribution in [2.24, 2.45) is 0 Å². The molecule has 0 aromatic rings. The fraction of sp³-hybridized carbons (Fsp3) is 0.714. The van der Waals surface area contributed by atoms with Gasteiger partial charge in [0, 0.05) is 0 Å². The number of nitrogens with one attached hydrogen (secondary N) is 1. The number of amides is 2. The first kappa shape index (κ1) is 11.8. The number of halogens is 2. The number of alkyl carbamates (subject to hydrolysis) is 1. The minimum Gasteiger partial charge on any atom is -0.449 e. The normalized spacial score (nSPS) is 9.85. The zero-order valence-corrected chi connectivity index (χ0v) is 7.18. The summed E-state index contributed by atoms with van der Waals surface area (Å²) in [6, 6.07) is 0. The van der Waals surface area contributed by atoms with E-state index in [9.17, 15) is 18.4 Å². The van der Waals surface area contributed by atoms with Crippen molar-refractivity contribution >= 4 is 12.0 Å². The first-order valence-corrected chi connectivity index (χ1v) is 3.83. The summed E-state index contributed by atoms with van der Waals surface area (Å²) in [5.74, 6) is -1.64. The Morgan fingerprint density at radius 2 is 2.08 bits per heavy atom. The SMILES string of the molecule is CCCCOC(=O)NC(=O)C(F)F. The number of ether oxygens (including phenoxy) is 1. The third-order valence-corrected chi connectivity index (χ3v) is 1.15. The highest BCUT2D eigenvalue weighted by Crippen LogP contribution is 1.92. The maximum Gasteiger partial charge on any atom is 0.414 e. The molecule has 4 nitrogen and oxygen atoms in total. The van der Waals surface area contributed by atoms with E-state index in [0.717, 1.165) is 6.42 Å². The van der Waals surface area contributed by atoms with Crippen LogP contribution < -0.4 is 5.32 Å². The molecule has 0 unspecified atom stereocenters. The second kappa shape index (κ2) is 6.33. The smallest absolute Gasteiger partial charge is 0.414 e. The van der Waals surface area contributed by atoms with Crippen LogP contribution in [0.15, 0.2) is 0 Å². The van der Waals surface area contributed by atoms with Crippen molar-refractivity contribution in [1.82, 2.24) is 5.32 Å². The molecule has 0 saturated carbocycles. The summed E-state index contributed by atoms with van der Waals surface area (Å²) in [6.45, 7) is 2.00. The molecule has 0 aliphatic heterocycles. The standard InChI is InChI=1S/C7H11F2NO3/c1-2-3-4-13-7(12)10-6(11)5(8)9/h5H,2-4H2,1H3,(H,10,11,12). The Morgan fingerprint density at radius 1 is 1.46 bits per heavy atom. The molecule has 0 aromatic carbocycles. The molecular weight excluding hydrogens is 184 g/mol. The molecule has 13 heavy (non-hydrogen) atoms. The van der Waals surface area contributed by atoms with Crippen LogP contribution in [0.5, 0.6) is 0 Å². The lowest BCUT2D eigenvalue weighted by Crippen LogP contribution is -2.35. The Bertz CT molecular complexity index is 185. The second-order valence-electron chi connectivity index (χ2n) is 2.28. The zero-order valence-electron chi connectivity index (χ0n) is 7.18. The van der Waals surface area contributed by atoms with Gasteiger partial charge in [-0.25, -0.2) is 4.79 Å². The van der Waals surface area contributed by atoms with Gasteiger partial charge in [-0.05, 0) is 6.42 Å². The van der Waals surface area contributed by atoms with Gasteiger partial charge in [-0.2, -0.15) is 8.78 Å². The molecule has 0 aromatic heterocycles. The Labute approximate surface area is 74.2 Å². The monoisotopic (exact) mass is 195 g/mol. The molecule has 76 valence electrons. The zero-order chi connectivity index (χ0) is 10.3. The highest BCUT2D eigenvalue weighted by Gasteiger charge is 2.18. The quantitative estimate of drug-likeness (QED) is 0.688. The minimum atomic E-state index is -3.20. The van der Waals surface area contributed by atoms with Crippen molar-refractivity contribution in [2.45, 2.75) is 26.2 Å². The fourth-order valence-corrected chi connectivity index (χ4v) is 0.500. The second-order valence-corrected chi connectivity index (χ2v) is 2.28. The first-order chi connectivity index (χ1) is 6.07. The Hall–Kier alpha value is -1.20. The molecule has 0 saturated heterocycles. The summed E-state index contributed by atoms with van der Waals surface area (Å²) in [5.41, 5.74) is 0. The molecule has 0 rings (SSSR count). The van der Waals surface area contributed by atoms with Gasteiger partial charge in [-0.1, -0.05) is 13.3 Å². The van der Waals surface area contributed by atoms with Gasteiger partial charge < -0.3 is 4.74 Å². The van der Waals surface area contributed by atoms with Crippen LogP contribution in [0, 0.1) is 0 Å². The van der Waals surface area contributed by atoms with Gasteiger partial charge in [0.25, 0.3) is 5.91 Å². The molecule has 0 aliphatic carbocycles. The fourth-order valence-electron chi connectivity index (χ4n) is 0.500. The number of imide groups is 1. The number of rotatable bonds is 4. The van der Waals surface area contributed by atoms with Gasteiger partial charge in [-0.3, -0.25) is 10.1 Å². The Morgan fingerprint density at radius 3 is 2.54 bits per heavy atom. The topological polar surface area (TPSA) is 55.4 Å². The van der Waals surface area contributed by atoms with Crippen LogP contribution in [0.3, 0.4) is 0 Å². The van der Waals surface area contributed by atoms with E-state index in [4.69, 9.17) is 0 Å². The van der Waals surface area contributed by atoms with Gasteiger partial charge >= 0.3 is 12.5 Å². The van der Waals surface area contributed by atoms with Crippen molar-refractivity contribution in [3.05, 3.63) is 0 Å². The highest BCUT2D eigenvalue weighted by molar-refractivity contribution is 5.93. The molecule has 0 spiro atoms. The van der Waals surface area contributed by atoms with E-state index < -0.39 is 18.4 Å². The number of alkyl halides is 2. The van der Waals surface area contributed by atoms with Gasteiger partial charge in [0.05, 0.1) is 6.61 Å². The van der Waals surface area contributed by atoms with Crippen LogP contribution in [0.25, 0.3) is 0 Å². The summed E-state index contributed by atoms with van der Waals surface area (Å²) in [6.07, 6.45) is -2.87. The van der Waals surface area contributed by atoms with Crippen LogP contribution in [-0.2, 0) is 9.53 Å². The predicted molar refractivity (Wildman–Crippen MR) is 40.4 cm³/mol. The van der Waals surface area contributed by atoms with E-state index in [2.05, 4.69) is 4.74 Å². The summed E-state index contributed by atoms with van der Waals surface area (Å²) in [7, 11) is 0. The Balaban J connectivity index is 3.56. The number of carbonyl (C=O) groups is 2. The summed E-state index contributed by atoms with van der Waals surface area (Å²) < 4.78 is 27.5. The van der Waals surface area contributed by atoms with Gasteiger partial charge in [-0.15, -0.1) is 0 Å². The average Bonchev–Trinajstić information content (AvgIpc) is 2.04. The lowest BCUT2D eigenvalue weighted by molar-refractivity contribution is -0.131. The van der Waals surface area contributed by atoms with E-state index in [1.165, 1.54) is 5.32 Å². The van der Waals surface area contributed by atoms with E-state index in [1.54, 1.807) is 0 Å². The van der Waals surface area contributed by atoms with Crippen LogP contribution in [-0.4, -0.2) is 25.0 Å². The summed E-state index contributed by atoms with van der Waals surface area (Å²) in [5, 5.41) is 1.39. The van der Waals surface area contributed by atoms with E-state index in [1.807, 2.05) is 6.92 Å². The third-order valence-electron chi connectivity index (χ3n) is 1.15. The lowest BCUT2D eigenvalue weighted by atomic mass is 10.4. The number of carbonyl (C=O) groups excluding carboxylic acids is 2. The minimum absolute atomic E-state index is 0.124. The van der Waals surface area contributed by atoms with Crippen molar-refractivity contribution in [2.75, 3.05) is 6.61 Å². The third kappa shape index (κ3) is 6.01. The van der Waals surface area contributed by atoms with Crippen molar-refractivity contribution in [1.29, 1.82) is 0 Å². The predicted octanol–water partition coefficient (Wildman–Crippen LogP) is 1.30. The molecule has 0 fully saturated rings. The molecule has 2 amide bonds. The summed E-state index contributed by atoms with van der Waals surface area (Å²) in [4.78, 5) is 20.8. The molecule has 0 aliphatic rings. The molecule has 6 heteroatoms. The molecule has 0 radical (unpaired) electrons. The molecule has 1 N–H and O–H groups in total. The maximum atomic E-state index is 11.6.